The Kier molecular flexibility index (Phi) is 4.82. The molecule has 2 rings (SSSR count). The molecule has 1 atom stereocenters. The molecule has 0 spiro atoms. The van der Waals surface area contributed by atoms with E-state index >= 15 is 0 Å². The summed E-state index contributed by atoms with van der Waals surface area (Å²) in [6, 6.07) is 0. The van der Waals surface area contributed by atoms with Crippen LogP contribution >= 0.6 is 0 Å². The third-order valence-electron chi connectivity index (χ3n) is 3.78. The van der Waals surface area contributed by atoms with Crippen molar-refractivity contribution in [3.63, 3.8) is 0 Å². The van der Waals surface area contributed by atoms with Crippen LogP contribution in [0.4, 0.5) is 5.82 Å². The molecule has 1 N–H and O–H groups in total. The number of rotatable bonds is 5. The first-order chi connectivity index (χ1) is 9.13. The summed E-state index contributed by atoms with van der Waals surface area (Å²) in [5, 5.41) is 7.76. The number of aryl methyl sites for hydroxylation is 2. The van der Waals surface area contributed by atoms with Crippen molar-refractivity contribution >= 4 is 5.82 Å². The molecular weight excluding hydrogens is 240 g/mol. The van der Waals surface area contributed by atoms with Crippen LogP contribution in [0.5, 0.6) is 0 Å². The van der Waals surface area contributed by atoms with Crippen LogP contribution in [0.25, 0.3) is 0 Å². The summed E-state index contributed by atoms with van der Waals surface area (Å²) in [6.45, 7) is 4.77. The Morgan fingerprint density at radius 2 is 2.26 bits per heavy atom. The molecule has 5 nitrogen and oxygen atoms in total. The highest BCUT2D eigenvalue weighted by Crippen LogP contribution is 2.23. The summed E-state index contributed by atoms with van der Waals surface area (Å²) in [6.07, 6.45) is 4.02. The van der Waals surface area contributed by atoms with Gasteiger partial charge in [0.15, 0.2) is 0 Å². The number of anilines is 1. The van der Waals surface area contributed by atoms with Crippen molar-refractivity contribution in [1.29, 1.82) is 0 Å². The second-order valence-corrected chi connectivity index (χ2v) is 5.41. The van der Waals surface area contributed by atoms with E-state index in [9.17, 15) is 0 Å². The third-order valence-corrected chi connectivity index (χ3v) is 3.78. The van der Waals surface area contributed by atoms with Crippen molar-refractivity contribution in [1.82, 2.24) is 15.1 Å². The third kappa shape index (κ3) is 3.28. The maximum atomic E-state index is 5.83. The zero-order valence-electron chi connectivity index (χ0n) is 12.6. The number of likely N-dealkylation sites (N-methyl/N-ethyl adjacent to an activating group) is 1. The van der Waals surface area contributed by atoms with Crippen LogP contribution in [0.3, 0.4) is 0 Å². The highest BCUT2D eigenvalue weighted by Gasteiger charge is 2.21. The summed E-state index contributed by atoms with van der Waals surface area (Å²) < 4.78 is 7.81. The number of hydrogen-bond donors (Lipinski definition) is 1. The zero-order chi connectivity index (χ0) is 13.8. The summed E-state index contributed by atoms with van der Waals surface area (Å²) in [4.78, 5) is 2.28. The van der Waals surface area contributed by atoms with Crippen molar-refractivity contribution in [3.05, 3.63) is 11.3 Å². The van der Waals surface area contributed by atoms with Gasteiger partial charge in [0, 0.05) is 39.4 Å². The first-order valence-electron chi connectivity index (χ1n) is 7.13. The molecule has 1 saturated heterocycles. The van der Waals surface area contributed by atoms with Gasteiger partial charge >= 0.3 is 0 Å². The number of nitrogens with one attached hydrogen (secondary N) is 1. The Balaban J connectivity index is 2.10. The minimum absolute atomic E-state index is 0.358. The van der Waals surface area contributed by atoms with Gasteiger partial charge in [0.25, 0.3) is 0 Å². The zero-order valence-corrected chi connectivity index (χ0v) is 12.6. The number of hydrogen-bond acceptors (Lipinski definition) is 4. The fourth-order valence-electron chi connectivity index (χ4n) is 2.89. The number of aromatic nitrogens is 2. The van der Waals surface area contributed by atoms with Crippen molar-refractivity contribution in [2.75, 3.05) is 32.1 Å². The van der Waals surface area contributed by atoms with Gasteiger partial charge in [-0.05, 0) is 33.2 Å². The number of nitrogens with zero attached hydrogens (tertiary/aromatic N) is 3. The van der Waals surface area contributed by atoms with Gasteiger partial charge in [-0.3, -0.25) is 4.68 Å². The van der Waals surface area contributed by atoms with E-state index in [1.54, 1.807) is 0 Å². The molecular formula is C14H26N4O. The maximum Gasteiger partial charge on any atom is 0.131 e. The van der Waals surface area contributed by atoms with Crippen LogP contribution in [0, 0.1) is 6.92 Å². The molecule has 0 aromatic carbocycles. The molecule has 1 unspecified atom stereocenters. The molecule has 0 saturated carbocycles. The van der Waals surface area contributed by atoms with Gasteiger partial charge in [-0.1, -0.05) is 0 Å². The Morgan fingerprint density at radius 3 is 2.89 bits per heavy atom. The van der Waals surface area contributed by atoms with Gasteiger partial charge in [0.2, 0.25) is 0 Å². The largest absolute Gasteiger partial charge is 0.376 e. The van der Waals surface area contributed by atoms with Gasteiger partial charge < -0.3 is 15.0 Å². The smallest absolute Gasteiger partial charge is 0.131 e. The van der Waals surface area contributed by atoms with Gasteiger partial charge in [0.05, 0.1) is 11.8 Å². The lowest BCUT2D eigenvalue weighted by atomic mass is 10.1. The van der Waals surface area contributed by atoms with Crippen LogP contribution in [0.15, 0.2) is 0 Å². The maximum absolute atomic E-state index is 5.83. The van der Waals surface area contributed by atoms with Crippen molar-refractivity contribution in [3.8, 4) is 0 Å². The summed E-state index contributed by atoms with van der Waals surface area (Å²) in [7, 11) is 6.12. The predicted molar refractivity (Wildman–Crippen MR) is 77.6 cm³/mol. The molecule has 2 heterocycles. The minimum atomic E-state index is 0.358. The molecule has 1 aliphatic rings. The highest BCUT2D eigenvalue weighted by molar-refractivity contribution is 5.49. The van der Waals surface area contributed by atoms with Gasteiger partial charge in [-0.25, -0.2) is 0 Å². The second kappa shape index (κ2) is 6.39. The van der Waals surface area contributed by atoms with Gasteiger partial charge in [-0.15, -0.1) is 0 Å². The molecule has 1 aromatic rings. The minimum Gasteiger partial charge on any atom is -0.376 e. The van der Waals surface area contributed by atoms with E-state index in [1.807, 2.05) is 18.8 Å². The Labute approximate surface area is 115 Å². The Hall–Kier alpha value is -1.07. The first-order valence-corrected chi connectivity index (χ1v) is 7.13. The predicted octanol–water partition coefficient (Wildman–Crippen LogP) is 1.45. The van der Waals surface area contributed by atoms with E-state index in [0.717, 1.165) is 25.4 Å². The van der Waals surface area contributed by atoms with Crippen molar-refractivity contribution in [2.45, 2.75) is 38.8 Å². The Morgan fingerprint density at radius 1 is 1.47 bits per heavy atom. The summed E-state index contributed by atoms with van der Waals surface area (Å²) in [5.74, 6) is 1.20. The van der Waals surface area contributed by atoms with Crippen LogP contribution in [0.2, 0.25) is 0 Å². The SMILES string of the molecule is CNCc1c(C)nn(C)c1N(C)CC1CCCCO1. The van der Waals surface area contributed by atoms with Crippen LogP contribution in [0.1, 0.15) is 30.5 Å². The second-order valence-electron chi connectivity index (χ2n) is 5.41. The van der Waals surface area contributed by atoms with Crippen LogP contribution in [-0.4, -0.2) is 43.1 Å². The van der Waals surface area contributed by atoms with E-state index in [4.69, 9.17) is 4.74 Å². The lowest BCUT2D eigenvalue weighted by Crippen LogP contribution is -2.34. The molecule has 0 radical (unpaired) electrons. The molecule has 1 fully saturated rings. The van der Waals surface area contributed by atoms with E-state index in [2.05, 4.69) is 29.3 Å². The molecule has 108 valence electrons. The quantitative estimate of drug-likeness (QED) is 0.876. The first kappa shape index (κ1) is 14.3. The highest BCUT2D eigenvalue weighted by atomic mass is 16.5. The fraction of sp³-hybridized carbons (Fsp3) is 0.786. The standard InChI is InChI=1S/C14H26N4O/c1-11-13(9-15-2)14(18(4)16-11)17(3)10-12-7-5-6-8-19-12/h12,15H,5-10H2,1-4H3. The van der Waals surface area contributed by atoms with E-state index in [1.165, 1.54) is 30.6 Å². The molecule has 1 aromatic heterocycles. The summed E-state index contributed by atoms with van der Waals surface area (Å²) in [5.41, 5.74) is 2.38. The summed E-state index contributed by atoms with van der Waals surface area (Å²) >= 11 is 0. The molecule has 5 heteroatoms. The molecule has 1 aliphatic heterocycles. The van der Waals surface area contributed by atoms with Crippen LogP contribution < -0.4 is 10.2 Å². The molecule has 0 aliphatic carbocycles. The lowest BCUT2D eigenvalue weighted by Gasteiger charge is -2.29. The molecule has 0 amide bonds. The van der Waals surface area contributed by atoms with Gasteiger partial charge in [-0.2, -0.15) is 5.10 Å². The average Bonchev–Trinajstić information content (AvgIpc) is 2.66. The fourth-order valence-corrected chi connectivity index (χ4v) is 2.89. The normalized spacial score (nSPS) is 19.7. The van der Waals surface area contributed by atoms with E-state index < -0.39 is 0 Å². The molecule has 19 heavy (non-hydrogen) atoms. The molecule has 0 bridgehead atoms. The number of ether oxygens (including phenoxy) is 1. The lowest BCUT2D eigenvalue weighted by molar-refractivity contribution is 0.0214. The van der Waals surface area contributed by atoms with Crippen molar-refractivity contribution < 1.29 is 4.74 Å². The average molecular weight is 266 g/mol. The van der Waals surface area contributed by atoms with Crippen molar-refractivity contribution in [2.24, 2.45) is 7.05 Å². The Bertz CT molecular complexity index is 410. The van der Waals surface area contributed by atoms with E-state index in [0.29, 0.717) is 6.10 Å². The van der Waals surface area contributed by atoms with Gasteiger partial charge in [0.1, 0.15) is 5.82 Å². The van der Waals surface area contributed by atoms with E-state index in [-0.39, 0.29) is 0 Å². The topological polar surface area (TPSA) is 42.3 Å². The monoisotopic (exact) mass is 266 g/mol. The van der Waals surface area contributed by atoms with Crippen LogP contribution in [-0.2, 0) is 18.3 Å².